The van der Waals surface area contributed by atoms with Crippen molar-refractivity contribution in [2.75, 3.05) is 0 Å². The van der Waals surface area contributed by atoms with Crippen molar-refractivity contribution in [3.05, 3.63) is 16.1 Å². The van der Waals surface area contributed by atoms with Crippen LogP contribution in [-0.4, -0.2) is 10.9 Å². The highest BCUT2D eigenvalue weighted by atomic mass is 32.1. The zero-order valence-electron chi connectivity index (χ0n) is 12.7. The number of hydrogen-bond donors (Lipinski definition) is 1. The van der Waals surface area contributed by atoms with E-state index in [4.69, 9.17) is 0 Å². The fraction of sp³-hybridized carbons (Fsp3) is 0.733. The van der Waals surface area contributed by atoms with Crippen LogP contribution >= 0.6 is 11.3 Å². The molecule has 0 unspecified atom stereocenters. The van der Waals surface area contributed by atoms with E-state index in [2.05, 4.69) is 24.1 Å². The molecule has 1 aliphatic carbocycles. The molecule has 1 aromatic heterocycles. The molecular formula is C15H21F3N2OS. The van der Waals surface area contributed by atoms with Crippen LogP contribution in [0.1, 0.15) is 50.2 Å². The zero-order chi connectivity index (χ0) is 16.3. The first-order valence-corrected chi connectivity index (χ1v) is 8.44. The lowest BCUT2D eigenvalue weighted by atomic mass is 9.77. The molecule has 0 saturated heterocycles. The molecule has 0 aliphatic heterocycles. The summed E-state index contributed by atoms with van der Waals surface area (Å²) >= 11 is 0.924. The van der Waals surface area contributed by atoms with Crippen LogP contribution in [0.25, 0.3) is 0 Å². The molecule has 1 amide bonds. The number of alkyl halides is 3. The average Bonchev–Trinajstić information content (AvgIpc) is 2.94. The van der Waals surface area contributed by atoms with E-state index in [1.54, 1.807) is 0 Å². The summed E-state index contributed by atoms with van der Waals surface area (Å²) in [6.45, 7) is 4.47. The summed E-state index contributed by atoms with van der Waals surface area (Å²) in [4.78, 5) is 15.6. The highest BCUT2D eigenvalue weighted by Crippen LogP contribution is 2.33. The molecule has 0 radical (unpaired) electrons. The molecule has 0 bridgehead atoms. The number of halogens is 3. The van der Waals surface area contributed by atoms with Gasteiger partial charge < -0.3 is 5.32 Å². The number of aromatic nitrogens is 1. The number of carbonyl (C=O) groups excluding carboxylic acids is 1. The molecule has 2 rings (SSSR count). The molecular weight excluding hydrogens is 313 g/mol. The average molecular weight is 334 g/mol. The number of nitrogens with one attached hydrogen (secondary N) is 1. The fourth-order valence-corrected chi connectivity index (χ4v) is 3.62. The van der Waals surface area contributed by atoms with E-state index >= 15 is 0 Å². The number of rotatable bonds is 4. The van der Waals surface area contributed by atoms with E-state index in [0.717, 1.165) is 42.4 Å². The van der Waals surface area contributed by atoms with Crippen LogP contribution < -0.4 is 5.32 Å². The third kappa shape index (κ3) is 4.44. The standard InChI is InChI=1S/C15H21F3N2OS/c1-9(2)10-3-5-11(6-4-10)14(21)19-7-13-20-12(8-22-13)15(16,17)18/h8-11H,3-7H2,1-2H3,(H,19,21). The lowest BCUT2D eigenvalue weighted by Gasteiger charge is -2.30. The first-order chi connectivity index (χ1) is 10.3. The minimum absolute atomic E-state index is 0.0166. The second kappa shape index (κ2) is 6.98. The Morgan fingerprint density at radius 2 is 2.00 bits per heavy atom. The Labute approximate surface area is 132 Å². The quantitative estimate of drug-likeness (QED) is 0.895. The molecule has 0 atom stereocenters. The summed E-state index contributed by atoms with van der Waals surface area (Å²) in [6, 6.07) is 0. The van der Waals surface area contributed by atoms with Crippen LogP contribution in [0.2, 0.25) is 0 Å². The van der Waals surface area contributed by atoms with E-state index < -0.39 is 11.9 Å². The molecule has 1 saturated carbocycles. The predicted molar refractivity (Wildman–Crippen MR) is 79.2 cm³/mol. The topological polar surface area (TPSA) is 42.0 Å². The van der Waals surface area contributed by atoms with Gasteiger partial charge in [-0.2, -0.15) is 13.2 Å². The Morgan fingerprint density at radius 1 is 1.36 bits per heavy atom. The van der Waals surface area contributed by atoms with Crippen molar-refractivity contribution in [1.29, 1.82) is 0 Å². The van der Waals surface area contributed by atoms with Gasteiger partial charge in [0.05, 0.1) is 6.54 Å². The van der Waals surface area contributed by atoms with Crippen molar-refractivity contribution in [1.82, 2.24) is 10.3 Å². The summed E-state index contributed by atoms with van der Waals surface area (Å²) in [5, 5.41) is 3.99. The van der Waals surface area contributed by atoms with Crippen LogP contribution in [0.3, 0.4) is 0 Å². The highest BCUT2D eigenvalue weighted by molar-refractivity contribution is 7.09. The van der Waals surface area contributed by atoms with Gasteiger partial charge in [0.15, 0.2) is 5.69 Å². The van der Waals surface area contributed by atoms with Crippen LogP contribution in [0, 0.1) is 17.8 Å². The molecule has 1 N–H and O–H groups in total. The van der Waals surface area contributed by atoms with Crippen molar-refractivity contribution in [3.8, 4) is 0 Å². The summed E-state index contributed by atoms with van der Waals surface area (Å²) in [6.07, 6.45) is -0.606. The lowest BCUT2D eigenvalue weighted by molar-refractivity contribution is -0.140. The molecule has 0 spiro atoms. The van der Waals surface area contributed by atoms with Gasteiger partial charge in [0.1, 0.15) is 5.01 Å². The highest BCUT2D eigenvalue weighted by Gasteiger charge is 2.34. The van der Waals surface area contributed by atoms with E-state index in [9.17, 15) is 18.0 Å². The number of thiazole rings is 1. The van der Waals surface area contributed by atoms with Gasteiger partial charge in [-0.15, -0.1) is 11.3 Å². The van der Waals surface area contributed by atoms with Crippen LogP contribution in [0.4, 0.5) is 13.2 Å². The van der Waals surface area contributed by atoms with Crippen LogP contribution in [-0.2, 0) is 17.5 Å². The molecule has 0 aromatic carbocycles. The smallest absolute Gasteiger partial charge is 0.349 e. The van der Waals surface area contributed by atoms with Gasteiger partial charge in [-0.3, -0.25) is 4.79 Å². The molecule has 124 valence electrons. The lowest BCUT2D eigenvalue weighted by Crippen LogP contribution is -2.33. The summed E-state index contributed by atoms with van der Waals surface area (Å²) < 4.78 is 37.3. The minimum atomic E-state index is -4.42. The summed E-state index contributed by atoms with van der Waals surface area (Å²) in [5.41, 5.74) is -0.890. The Balaban J connectivity index is 1.80. The van der Waals surface area contributed by atoms with Crippen LogP contribution in [0.5, 0.6) is 0 Å². The maximum absolute atomic E-state index is 12.4. The van der Waals surface area contributed by atoms with E-state index in [1.165, 1.54) is 0 Å². The summed E-state index contributed by atoms with van der Waals surface area (Å²) in [7, 11) is 0. The molecule has 1 aliphatic rings. The largest absolute Gasteiger partial charge is 0.434 e. The first-order valence-electron chi connectivity index (χ1n) is 7.56. The van der Waals surface area contributed by atoms with Crippen molar-refractivity contribution in [2.45, 2.75) is 52.3 Å². The van der Waals surface area contributed by atoms with Gasteiger partial charge in [-0.1, -0.05) is 13.8 Å². The Bertz CT molecular complexity index is 505. The molecule has 7 heteroatoms. The van der Waals surface area contributed by atoms with E-state index in [0.29, 0.717) is 11.8 Å². The van der Waals surface area contributed by atoms with Crippen molar-refractivity contribution in [2.24, 2.45) is 17.8 Å². The van der Waals surface area contributed by atoms with Gasteiger partial charge in [0.2, 0.25) is 5.91 Å². The maximum atomic E-state index is 12.4. The van der Waals surface area contributed by atoms with Gasteiger partial charge in [0.25, 0.3) is 0 Å². The SMILES string of the molecule is CC(C)C1CCC(C(=O)NCc2nc(C(F)(F)F)cs2)CC1. The van der Waals surface area contributed by atoms with E-state index in [-0.39, 0.29) is 23.4 Å². The fourth-order valence-electron chi connectivity index (χ4n) is 2.88. The molecule has 22 heavy (non-hydrogen) atoms. The number of nitrogens with zero attached hydrogens (tertiary/aromatic N) is 1. The van der Waals surface area contributed by atoms with Gasteiger partial charge in [0, 0.05) is 11.3 Å². The van der Waals surface area contributed by atoms with Crippen LogP contribution in [0.15, 0.2) is 5.38 Å². The third-order valence-corrected chi connectivity index (χ3v) is 5.19. The Kier molecular flexibility index (Phi) is 5.47. The van der Waals surface area contributed by atoms with Gasteiger partial charge in [-0.05, 0) is 37.5 Å². The third-order valence-electron chi connectivity index (χ3n) is 4.34. The second-order valence-electron chi connectivity index (χ2n) is 6.20. The van der Waals surface area contributed by atoms with Gasteiger partial charge >= 0.3 is 6.18 Å². The molecule has 1 heterocycles. The van der Waals surface area contributed by atoms with Gasteiger partial charge in [-0.25, -0.2) is 4.98 Å². The minimum Gasteiger partial charge on any atom is -0.349 e. The first kappa shape index (κ1) is 17.2. The number of carbonyl (C=O) groups is 1. The number of hydrogen-bond acceptors (Lipinski definition) is 3. The normalized spacial score (nSPS) is 22.8. The Hall–Kier alpha value is -1.11. The molecule has 1 aromatic rings. The monoisotopic (exact) mass is 334 g/mol. The molecule has 3 nitrogen and oxygen atoms in total. The molecule has 1 fully saturated rings. The predicted octanol–water partition coefficient (Wildman–Crippen LogP) is 4.24. The summed E-state index contributed by atoms with van der Waals surface area (Å²) in [5.74, 6) is 1.24. The second-order valence-corrected chi connectivity index (χ2v) is 7.14. The van der Waals surface area contributed by atoms with Crippen molar-refractivity contribution < 1.29 is 18.0 Å². The maximum Gasteiger partial charge on any atom is 0.434 e. The van der Waals surface area contributed by atoms with Crippen molar-refractivity contribution in [3.63, 3.8) is 0 Å². The Morgan fingerprint density at radius 3 is 2.50 bits per heavy atom. The van der Waals surface area contributed by atoms with Crippen molar-refractivity contribution >= 4 is 17.2 Å². The number of amides is 1. The van der Waals surface area contributed by atoms with E-state index in [1.807, 2.05) is 0 Å². The zero-order valence-corrected chi connectivity index (χ0v) is 13.6.